The highest BCUT2D eigenvalue weighted by Gasteiger charge is 2.14. The molecule has 0 aliphatic carbocycles. The Morgan fingerprint density at radius 1 is 1.33 bits per heavy atom. The smallest absolute Gasteiger partial charge is 0.387 e. The Labute approximate surface area is 101 Å². The number of halogens is 2. The number of hydrogen-bond donors (Lipinski definition) is 0. The summed E-state index contributed by atoms with van der Waals surface area (Å²) in [4.78, 5) is 12.0. The highest BCUT2D eigenvalue weighted by atomic mass is 19.3. The van der Waals surface area contributed by atoms with E-state index in [2.05, 4.69) is 15.0 Å². The average Bonchev–Trinajstić information content (AvgIpc) is 2.75. The largest absolute Gasteiger partial charge is 0.435 e. The minimum atomic E-state index is -2.88. The first-order chi connectivity index (χ1) is 8.58. The van der Waals surface area contributed by atoms with E-state index in [4.69, 9.17) is 0 Å². The van der Waals surface area contributed by atoms with E-state index in [0.717, 1.165) is 0 Å². The number of ether oxygens (including phenoxy) is 1. The number of benzene rings is 1. The maximum Gasteiger partial charge on any atom is 0.387 e. The number of nitrogens with zero attached hydrogens (tertiary/aromatic N) is 3. The van der Waals surface area contributed by atoms with Crippen LogP contribution < -0.4 is 4.74 Å². The summed E-state index contributed by atoms with van der Waals surface area (Å²) >= 11 is 0. The van der Waals surface area contributed by atoms with Gasteiger partial charge >= 0.3 is 6.61 Å². The lowest BCUT2D eigenvalue weighted by Gasteiger charge is -2.05. The van der Waals surface area contributed by atoms with Gasteiger partial charge < -0.3 is 4.74 Å². The number of carbonyl (C=O) groups excluding carboxylic acids is 1. The van der Waals surface area contributed by atoms with Crippen LogP contribution in [-0.2, 0) is 7.05 Å². The van der Waals surface area contributed by atoms with Crippen LogP contribution in [-0.4, -0.2) is 27.4 Å². The van der Waals surface area contributed by atoms with E-state index >= 15 is 0 Å². The fourth-order valence-electron chi connectivity index (χ4n) is 1.43. The molecule has 0 N–H and O–H groups in total. The van der Waals surface area contributed by atoms with Crippen LogP contribution in [0.1, 0.15) is 16.1 Å². The second kappa shape index (κ2) is 4.91. The number of aromatic nitrogens is 3. The first-order valence-electron chi connectivity index (χ1n) is 5.02. The summed E-state index contributed by atoms with van der Waals surface area (Å²) in [5, 5.41) is 7.24. The van der Waals surface area contributed by atoms with Crippen LogP contribution in [0.25, 0.3) is 0 Å². The first-order valence-corrected chi connectivity index (χ1v) is 5.02. The molecule has 94 valence electrons. The van der Waals surface area contributed by atoms with Gasteiger partial charge in [0, 0.05) is 12.6 Å². The predicted octanol–water partition coefficient (Wildman–Crippen LogP) is 1.65. The zero-order valence-corrected chi connectivity index (χ0v) is 9.38. The minimum Gasteiger partial charge on any atom is -0.435 e. The van der Waals surface area contributed by atoms with Crippen molar-refractivity contribution in [1.82, 2.24) is 15.0 Å². The van der Waals surface area contributed by atoms with Crippen molar-refractivity contribution in [2.45, 2.75) is 6.61 Å². The van der Waals surface area contributed by atoms with Crippen molar-refractivity contribution in [2.24, 2.45) is 7.05 Å². The molecule has 0 spiro atoms. The highest BCUT2D eigenvalue weighted by molar-refractivity contribution is 6.07. The Morgan fingerprint density at radius 3 is 2.50 bits per heavy atom. The molecule has 0 fully saturated rings. The molecular formula is C11H9F2N3O2. The van der Waals surface area contributed by atoms with Gasteiger partial charge in [0.15, 0.2) is 0 Å². The molecule has 0 saturated heterocycles. The van der Waals surface area contributed by atoms with Crippen LogP contribution in [0, 0.1) is 0 Å². The van der Waals surface area contributed by atoms with Crippen molar-refractivity contribution in [3.63, 3.8) is 0 Å². The maximum absolute atomic E-state index is 12.0. The minimum absolute atomic E-state index is 0.00433. The van der Waals surface area contributed by atoms with Gasteiger partial charge in [0.2, 0.25) is 5.78 Å². The fourth-order valence-corrected chi connectivity index (χ4v) is 1.43. The van der Waals surface area contributed by atoms with Gasteiger partial charge in [0.1, 0.15) is 11.4 Å². The average molecular weight is 253 g/mol. The van der Waals surface area contributed by atoms with E-state index in [1.807, 2.05) is 0 Å². The number of alkyl halides is 2. The van der Waals surface area contributed by atoms with Crippen LogP contribution >= 0.6 is 0 Å². The van der Waals surface area contributed by atoms with Crippen molar-refractivity contribution in [3.8, 4) is 5.75 Å². The van der Waals surface area contributed by atoms with Gasteiger partial charge in [-0.1, -0.05) is 5.21 Å². The third-order valence-electron chi connectivity index (χ3n) is 2.29. The summed E-state index contributed by atoms with van der Waals surface area (Å²) in [6.07, 6.45) is 1.34. The van der Waals surface area contributed by atoms with Gasteiger partial charge in [-0.15, -0.1) is 5.10 Å². The molecule has 7 heteroatoms. The van der Waals surface area contributed by atoms with Crippen LogP contribution in [0.2, 0.25) is 0 Å². The molecule has 1 aromatic heterocycles. The van der Waals surface area contributed by atoms with Crippen LogP contribution in [0.15, 0.2) is 30.5 Å². The normalized spacial score (nSPS) is 10.7. The topological polar surface area (TPSA) is 57.0 Å². The van der Waals surface area contributed by atoms with Gasteiger partial charge in [0.25, 0.3) is 0 Å². The molecule has 0 aliphatic heterocycles. The molecule has 0 aliphatic rings. The van der Waals surface area contributed by atoms with Gasteiger partial charge in [-0.25, -0.2) is 4.68 Å². The van der Waals surface area contributed by atoms with Crippen LogP contribution in [0.3, 0.4) is 0 Å². The zero-order chi connectivity index (χ0) is 13.1. The number of carbonyl (C=O) groups is 1. The lowest BCUT2D eigenvalue weighted by molar-refractivity contribution is -0.0498. The Morgan fingerprint density at radius 2 is 2.00 bits per heavy atom. The fraction of sp³-hybridized carbons (Fsp3) is 0.182. The van der Waals surface area contributed by atoms with Gasteiger partial charge in [-0.3, -0.25) is 4.79 Å². The Kier molecular flexibility index (Phi) is 3.31. The molecule has 2 aromatic rings. The van der Waals surface area contributed by atoms with E-state index in [1.54, 1.807) is 7.05 Å². The van der Waals surface area contributed by atoms with Gasteiger partial charge in [0.05, 0.1) is 6.20 Å². The molecule has 0 bridgehead atoms. The van der Waals surface area contributed by atoms with Crippen molar-refractivity contribution >= 4 is 5.78 Å². The molecule has 5 nitrogen and oxygen atoms in total. The highest BCUT2D eigenvalue weighted by Crippen LogP contribution is 2.16. The number of rotatable bonds is 4. The summed E-state index contributed by atoms with van der Waals surface area (Å²) in [7, 11) is 1.59. The summed E-state index contributed by atoms with van der Waals surface area (Å²) < 4.78 is 29.4. The van der Waals surface area contributed by atoms with E-state index in [9.17, 15) is 13.6 Å². The SMILES string of the molecule is Cn1nncc1C(=O)c1ccc(OC(F)F)cc1. The first kappa shape index (κ1) is 12.2. The third kappa shape index (κ3) is 2.50. The van der Waals surface area contributed by atoms with Crippen molar-refractivity contribution in [2.75, 3.05) is 0 Å². The quantitative estimate of drug-likeness (QED) is 0.777. The van der Waals surface area contributed by atoms with Crippen molar-refractivity contribution < 1.29 is 18.3 Å². The molecular weight excluding hydrogens is 244 g/mol. The molecule has 1 heterocycles. The number of hydrogen-bond acceptors (Lipinski definition) is 4. The second-order valence-electron chi connectivity index (χ2n) is 3.47. The molecule has 0 radical (unpaired) electrons. The zero-order valence-electron chi connectivity index (χ0n) is 9.38. The van der Waals surface area contributed by atoms with E-state index in [0.29, 0.717) is 11.3 Å². The third-order valence-corrected chi connectivity index (χ3v) is 2.29. The van der Waals surface area contributed by atoms with E-state index < -0.39 is 6.61 Å². The standard InChI is InChI=1S/C11H9F2N3O2/c1-16-9(6-14-15-16)10(17)7-2-4-8(5-3-7)18-11(12)13/h2-6,11H,1H3. The van der Waals surface area contributed by atoms with E-state index in [1.165, 1.54) is 35.1 Å². The second-order valence-corrected chi connectivity index (χ2v) is 3.47. The van der Waals surface area contributed by atoms with Gasteiger partial charge in [-0.05, 0) is 24.3 Å². The van der Waals surface area contributed by atoms with Gasteiger partial charge in [-0.2, -0.15) is 8.78 Å². The summed E-state index contributed by atoms with van der Waals surface area (Å²) in [5.74, 6) is -0.282. The van der Waals surface area contributed by atoms with E-state index in [-0.39, 0.29) is 11.5 Å². The van der Waals surface area contributed by atoms with Crippen LogP contribution in [0.5, 0.6) is 5.75 Å². The summed E-state index contributed by atoms with van der Waals surface area (Å²) in [5.41, 5.74) is 0.666. The summed E-state index contributed by atoms with van der Waals surface area (Å²) in [6.45, 7) is -2.88. The molecule has 0 amide bonds. The number of ketones is 1. The lowest BCUT2D eigenvalue weighted by Crippen LogP contribution is -2.08. The van der Waals surface area contributed by atoms with Crippen molar-refractivity contribution in [1.29, 1.82) is 0 Å². The summed E-state index contributed by atoms with van der Waals surface area (Å²) in [6, 6.07) is 5.44. The van der Waals surface area contributed by atoms with Crippen molar-refractivity contribution in [3.05, 3.63) is 41.7 Å². The molecule has 2 rings (SSSR count). The molecule has 1 aromatic carbocycles. The Balaban J connectivity index is 2.20. The Bertz CT molecular complexity index is 552. The maximum atomic E-state index is 12.0. The monoisotopic (exact) mass is 253 g/mol. The molecule has 18 heavy (non-hydrogen) atoms. The molecule has 0 atom stereocenters. The lowest BCUT2D eigenvalue weighted by atomic mass is 10.1. The molecule has 0 unspecified atom stereocenters. The predicted molar refractivity (Wildman–Crippen MR) is 57.5 cm³/mol. The van der Waals surface area contributed by atoms with Crippen LogP contribution in [0.4, 0.5) is 8.78 Å². The molecule has 0 saturated carbocycles. The number of aryl methyl sites for hydroxylation is 1. The Hall–Kier alpha value is -2.31.